The summed E-state index contributed by atoms with van der Waals surface area (Å²) < 4.78 is 23.4. The molecule has 3 rings (SSSR count). The third-order valence-electron chi connectivity index (χ3n) is 5.89. The minimum absolute atomic E-state index is 0.221. The van der Waals surface area contributed by atoms with Crippen LogP contribution in [0, 0.1) is 5.41 Å². The van der Waals surface area contributed by atoms with Crippen LogP contribution in [0.15, 0.2) is 0 Å². The minimum Gasteiger partial charge on any atom is -0.310 e. The molecule has 3 nitrogen and oxygen atoms in total. The quantitative estimate of drug-likeness (QED) is 0.852. The molecule has 4 heteroatoms. The van der Waals surface area contributed by atoms with Gasteiger partial charge in [0.05, 0.1) is 11.5 Å². The lowest BCUT2D eigenvalue weighted by molar-refractivity contribution is 0.104. The largest absolute Gasteiger partial charge is 0.310 e. The highest BCUT2D eigenvalue weighted by Gasteiger charge is 2.37. The Morgan fingerprint density at radius 1 is 0.800 bits per heavy atom. The van der Waals surface area contributed by atoms with E-state index >= 15 is 0 Å². The molecule has 3 aliphatic rings. The van der Waals surface area contributed by atoms with Gasteiger partial charge in [0, 0.05) is 12.1 Å². The second-order valence-corrected chi connectivity index (χ2v) is 9.68. The van der Waals surface area contributed by atoms with Gasteiger partial charge in [-0.15, -0.1) is 0 Å². The number of hydrogen-bond acceptors (Lipinski definition) is 3. The first kappa shape index (κ1) is 14.8. The van der Waals surface area contributed by atoms with Crippen LogP contribution in [0.5, 0.6) is 0 Å². The molecule has 1 heterocycles. The zero-order valence-corrected chi connectivity index (χ0v) is 13.4. The van der Waals surface area contributed by atoms with E-state index in [-0.39, 0.29) is 6.04 Å². The van der Waals surface area contributed by atoms with Crippen LogP contribution >= 0.6 is 0 Å². The fourth-order valence-electron chi connectivity index (χ4n) is 4.69. The molecule has 1 aliphatic heterocycles. The molecule has 20 heavy (non-hydrogen) atoms. The first-order chi connectivity index (χ1) is 9.57. The van der Waals surface area contributed by atoms with Crippen molar-refractivity contribution >= 4 is 9.84 Å². The summed E-state index contributed by atoms with van der Waals surface area (Å²) in [6.45, 7) is 0. The summed E-state index contributed by atoms with van der Waals surface area (Å²) >= 11 is 0. The van der Waals surface area contributed by atoms with Gasteiger partial charge >= 0.3 is 0 Å². The molecule has 1 N–H and O–H groups in total. The molecule has 0 aromatic rings. The summed E-state index contributed by atoms with van der Waals surface area (Å²) in [6, 6.07) is 0.792. The SMILES string of the molecule is O=S1(=O)CCCC(NC2CCC3(CCCCC3)CC2)C1. The summed E-state index contributed by atoms with van der Waals surface area (Å²) in [5.74, 6) is 0.771. The summed E-state index contributed by atoms with van der Waals surface area (Å²) in [5, 5.41) is 3.66. The molecular weight excluding hydrogens is 270 g/mol. The second kappa shape index (κ2) is 5.96. The Morgan fingerprint density at radius 3 is 2.15 bits per heavy atom. The van der Waals surface area contributed by atoms with Crippen LogP contribution in [-0.2, 0) is 9.84 Å². The molecule has 0 aromatic carbocycles. The van der Waals surface area contributed by atoms with Crippen LogP contribution in [0.3, 0.4) is 0 Å². The van der Waals surface area contributed by atoms with Gasteiger partial charge in [-0.2, -0.15) is 0 Å². The van der Waals surface area contributed by atoms with Crippen molar-refractivity contribution < 1.29 is 8.42 Å². The number of nitrogens with one attached hydrogen (secondary N) is 1. The van der Waals surface area contributed by atoms with Crippen LogP contribution in [0.2, 0.25) is 0 Å². The van der Waals surface area contributed by atoms with Crippen molar-refractivity contribution in [1.82, 2.24) is 5.32 Å². The van der Waals surface area contributed by atoms with Gasteiger partial charge in [-0.3, -0.25) is 0 Å². The van der Waals surface area contributed by atoms with Crippen molar-refractivity contribution in [3.05, 3.63) is 0 Å². The Balaban J connectivity index is 1.49. The predicted molar refractivity (Wildman–Crippen MR) is 82.6 cm³/mol. The minimum atomic E-state index is -2.77. The first-order valence-electron chi connectivity index (χ1n) is 8.54. The highest BCUT2D eigenvalue weighted by atomic mass is 32.2. The van der Waals surface area contributed by atoms with E-state index in [1.165, 1.54) is 57.8 Å². The number of rotatable bonds is 2. The topological polar surface area (TPSA) is 46.2 Å². The van der Waals surface area contributed by atoms with E-state index in [0.717, 1.165) is 12.8 Å². The van der Waals surface area contributed by atoms with E-state index in [1.807, 2.05) is 0 Å². The van der Waals surface area contributed by atoms with Gasteiger partial charge in [-0.05, 0) is 56.8 Å². The molecule has 2 aliphatic carbocycles. The standard InChI is InChI=1S/C16H29NO2S/c18-20(19)12-4-5-15(13-20)17-14-6-10-16(11-7-14)8-2-1-3-9-16/h14-15,17H,1-13H2. The molecular formula is C16H29NO2S. The van der Waals surface area contributed by atoms with Crippen molar-refractivity contribution in [2.75, 3.05) is 11.5 Å². The van der Waals surface area contributed by atoms with E-state index in [9.17, 15) is 8.42 Å². The first-order valence-corrected chi connectivity index (χ1v) is 10.4. The van der Waals surface area contributed by atoms with Crippen LogP contribution in [-0.4, -0.2) is 32.0 Å². The van der Waals surface area contributed by atoms with E-state index in [0.29, 0.717) is 23.0 Å². The normalized spacial score (nSPS) is 34.1. The summed E-state index contributed by atoms with van der Waals surface area (Å²) in [5.41, 5.74) is 0.662. The van der Waals surface area contributed by atoms with Gasteiger partial charge in [0.25, 0.3) is 0 Å². The maximum atomic E-state index is 11.7. The molecule has 1 unspecified atom stereocenters. The zero-order valence-electron chi connectivity index (χ0n) is 12.6. The lowest BCUT2D eigenvalue weighted by Gasteiger charge is -2.44. The van der Waals surface area contributed by atoms with Crippen LogP contribution in [0.4, 0.5) is 0 Å². The third kappa shape index (κ3) is 3.56. The number of sulfone groups is 1. The van der Waals surface area contributed by atoms with Gasteiger partial charge in [-0.1, -0.05) is 19.3 Å². The molecule has 0 amide bonds. The monoisotopic (exact) mass is 299 g/mol. The van der Waals surface area contributed by atoms with Crippen molar-refractivity contribution in [2.24, 2.45) is 5.41 Å². The fourth-order valence-corrected chi connectivity index (χ4v) is 6.34. The molecule has 0 radical (unpaired) electrons. The van der Waals surface area contributed by atoms with Crippen LogP contribution < -0.4 is 5.32 Å². The van der Waals surface area contributed by atoms with E-state index < -0.39 is 9.84 Å². The predicted octanol–water partition coefficient (Wildman–Crippen LogP) is 3.05. The molecule has 1 spiro atoms. The van der Waals surface area contributed by atoms with Crippen LogP contribution in [0.25, 0.3) is 0 Å². The Morgan fingerprint density at radius 2 is 1.50 bits per heavy atom. The van der Waals surface area contributed by atoms with E-state index in [1.54, 1.807) is 0 Å². The molecule has 1 atom stereocenters. The van der Waals surface area contributed by atoms with Gasteiger partial charge in [-0.25, -0.2) is 8.42 Å². The molecule has 116 valence electrons. The maximum Gasteiger partial charge on any atom is 0.151 e. The Kier molecular flexibility index (Phi) is 4.42. The summed E-state index contributed by atoms with van der Waals surface area (Å²) in [7, 11) is -2.77. The highest BCUT2D eigenvalue weighted by molar-refractivity contribution is 7.91. The van der Waals surface area contributed by atoms with Crippen molar-refractivity contribution in [1.29, 1.82) is 0 Å². The Hall–Kier alpha value is -0.0900. The van der Waals surface area contributed by atoms with Crippen molar-refractivity contribution in [2.45, 2.75) is 82.7 Å². The Labute approximate surface area is 123 Å². The summed E-state index contributed by atoms with van der Waals surface area (Å²) in [4.78, 5) is 0. The second-order valence-electron chi connectivity index (χ2n) is 7.46. The average Bonchev–Trinajstić information content (AvgIpc) is 2.42. The lowest BCUT2D eigenvalue weighted by Crippen LogP contribution is -2.47. The van der Waals surface area contributed by atoms with Crippen LogP contribution in [0.1, 0.15) is 70.6 Å². The molecule has 0 bridgehead atoms. The van der Waals surface area contributed by atoms with E-state index in [4.69, 9.17) is 0 Å². The van der Waals surface area contributed by atoms with Crippen molar-refractivity contribution in [3.63, 3.8) is 0 Å². The molecule has 1 saturated heterocycles. The molecule has 2 saturated carbocycles. The number of hydrogen-bond donors (Lipinski definition) is 1. The van der Waals surface area contributed by atoms with Gasteiger partial charge in [0.2, 0.25) is 0 Å². The Bertz CT molecular complexity index is 416. The maximum absolute atomic E-state index is 11.7. The fraction of sp³-hybridized carbons (Fsp3) is 1.00. The van der Waals surface area contributed by atoms with Gasteiger partial charge < -0.3 is 5.32 Å². The smallest absolute Gasteiger partial charge is 0.151 e. The molecule has 0 aromatic heterocycles. The van der Waals surface area contributed by atoms with Gasteiger partial charge in [0.15, 0.2) is 9.84 Å². The lowest BCUT2D eigenvalue weighted by atomic mass is 9.64. The zero-order chi connectivity index (χ0) is 14.1. The summed E-state index contributed by atoms with van der Waals surface area (Å²) in [6.07, 6.45) is 14.3. The average molecular weight is 299 g/mol. The highest BCUT2D eigenvalue weighted by Crippen LogP contribution is 2.47. The third-order valence-corrected chi connectivity index (χ3v) is 7.72. The molecule has 3 fully saturated rings. The van der Waals surface area contributed by atoms with Crippen molar-refractivity contribution in [3.8, 4) is 0 Å². The van der Waals surface area contributed by atoms with Gasteiger partial charge in [0.1, 0.15) is 0 Å². The van der Waals surface area contributed by atoms with E-state index in [2.05, 4.69) is 5.32 Å².